The molecule has 153 valence electrons. The number of nitrogens with zero attached hydrogens (tertiary/aromatic N) is 5. The summed E-state index contributed by atoms with van der Waals surface area (Å²) < 4.78 is 22.0. The fourth-order valence-electron chi connectivity index (χ4n) is 3.40. The van der Waals surface area contributed by atoms with Crippen LogP contribution in [0.2, 0.25) is 5.02 Å². The van der Waals surface area contributed by atoms with Gasteiger partial charge < -0.3 is 9.73 Å². The predicted octanol–water partition coefficient (Wildman–Crippen LogP) is 5.06. The summed E-state index contributed by atoms with van der Waals surface area (Å²) in [6.07, 6.45) is 4.82. The largest absolute Gasteiger partial charge is 0.403 e. The second kappa shape index (κ2) is 7.48. The lowest BCUT2D eigenvalue weighted by atomic mass is 10.0. The van der Waals surface area contributed by atoms with Crippen molar-refractivity contribution in [2.24, 2.45) is 0 Å². The molecule has 9 heteroatoms. The average Bonchev–Trinajstić information content (AvgIpc) is 3.40. The monoisotopic (exact) mass is 433 g/mol. The lowest BCUT2D eigenvalue weighted by Gasteiger charge is -2.07. The van der Waals surface area contributed by atoms with E-state index in [1.807, 2.05) is 31.2 Å². The fraction of sp³-hybridized carbons (Fsp3) is 0.0909. The molecule has 0 unspecified atom stereocenters. The van der Waals surface area contributed by atoms with E-state index in [4.69, 9.17) is 16.0 Å². The Labute approximate surface area is 181 Å². The topological polar surface area (TPSA) is 81.1 Å². The molecule has 0 aliphatic rings. The van der Waals surface area contributed by atoms with E-state index in [9.17, 15) is 4.39 Å². The lowest BCUT2D eigenvalue weighted by molar-refractivity contribution is 0.583. The van der Waals surface area contributed by atoms with Crippen molar-refractivity contribution >= 4 is 23.4 Å². The van der Waals surface area contributed by atoms with Gasteiger partial charge in [-0.15, -0.1) is 5.10 Å². The van der Waals surface area contributed by atoms with E-state index in [1.165, 1.54) is 6.07 Å². The van der Waals surface area contributed by atoms with Crippen LogP contribution in [0.5, 0.6) is 0 Å². The molecule has 0 saturated carbocycles. The number of nitrogens with one attached hydrogen (secondary N) is 1. The number of imidazole rings is 1. The van der Waals surface area contributed by atoms with E-state index in [-0.39, 0.29) is 23.2 Å². The highest BCUT2D eigenvalue weighted by Gasteiger charge is 2.20. The molecule has 3 aromatic heterocycles. The average molecular weight is 434 g/mol. The molecule has 0 spiro atoms. The van der Waals surface area contributed by atoms with Gasteiger partial charge in [-0.25, -0.2) is 14.4 Å². The molecular formula is C22H15ClFN6O. The number of benzene rings is 2. The molecular weight excluding hydrogens is 419 g/mol. The first-order valence-corrected chi connectivity index (χ1v) is 9.77. The van der Waals surface area contributed by atoms with Crippen LogP contribution in [0.4, 0.5) is 10.4 Å². The zero-order valence-electron chi connectivity index (χ0n) is 16.5. The Morgan fingerprint density at radius 3 is 2.68 bits per heavy atom. The van der Waals surface area contributed by atoms with Gasteiger partial charge in [-0.05, 0) is 36.8 Å². The van der Waals surface area contributed by atoms with Crippen molar-refractivity contribution in [3.8, 4) is 34.0 Å². The number of fused-ring (bicyclic) bond motifs is 1. The Kier molecular flexibility index (Phi) is 4.63. The van der Waals surface area contributed by atoms with E-state index in [0.717, 1.165) is 11.1 Å². The standard InChI is InChI=1S/C22H15ClFN6O/c1-12-5-3-7-14(23)18(12)16-9-10-30-11-17(27-21(30)26-16)19-13(6-4-8-15(19)24)20-28-29-22(25-2)31-20/h3-10H,1-2H3,(H,25,29). The number of anilines is 1. The summed E-state index contributed by atoms with van der Waals surface area (Å²) in [4.78, 5) is 9.13. The molecule has 2 aromatic carbocycles. The molecule has 7 nitrogen and oxygen atoms in total. The second-order valence-electron chi connectivity index (χ2n) is 6.81. The van der Waals surface area contributed by atoms with Crippen LogP contribution < -0.4 is 5.32 Å². The fourth-order valence-corrected chi connectivity index (χ4v) is 3.72. The zero-order chi connectivity index (χ0) is 21.5. The third-order valence-corrected chi connectivity index (χ3v) is 5.17. The first kappa shape index (κ1) is 19.2. The van der Waals surface area contributed by atoms with Gasteiger partial charge >= 0.3 is 6.01 Å². The van der Waals surface area contributed by atoms with Gasteiger partial charge in [0.15, 0.2) is 0 Å². The first-order chi connectivity index (χ1) is 15.0. The second-order valence-corrected chi connectivity index (χ2v) is 7.22. The molecule has 0 saturated heterocycles. The lowest BCUT2D eigenvalue weighted by Crippen LogP contribution is -1.93. The summed E-state index contributed by atoms with van der Waals surface area (Å²) in [5.41, 5.74) is 3.38. The van der Waals surface area contributed by atoms with E-state index < -0.39 is 5.82 Å². The molecule has 0 bridgehead atoms. The van der Waals surface area contributed by atoms with Crippen molar-refractivity contribution in [2.45, 2.75) is 6.92 Å². The zero-order valence-corrected chi connectivity index (χ0v) is 17.3. The smallest absolute Gasteiger partial charge is 0.315 e. The molecule has 3 heterocycles. The Bertz CT molecular complexity index is 1410. The summed E-state index contributed by atoms with van der Waals surface area (Å²) >= 11 is 6.39. The SMILES string of the molecule is CNc1nnc(-c2cccc(F)c2-c2[c]n3ccc(-c4c(C)cccc4Cl)nc3n2)o1. The summed E-state index contributed by atoms with van der Waals surface area (Å²) in [5.74, 6) is 0.0515. The first-order valence-electron chi connectivity index (χ1n) is 9.39. The Morgan fingerprint density at radius 2 is 1.90 bits per heavy atom. The van der Waals surface area contributed by atoms with Crippen molar-refractivity contribution in [3.05, 3.63) is 71.3 Å². The van der Waals surface area contributed by atoms with Gasteiger partial charge in [0, 0.05) is 18.8 Å². The minimum atomic E-state index is -0.483. The summed E-state index contributed by atoms with van der Waals surface area (Å²) in [7, 11) is 1.66. The van der Waals surface area contributed by atoms with Gasteiger partial charge in [0.1, 0.15) is 17.7 Å². The maximum atomic E-state index is 14.9. The highest BCUT2D eigenvalue weighted by atomic mass is 35.5. The van der Waals surface area contributed by atoms with Crippen LogP contribution in [-0.2, 0) is 0 Å². The van der Waals surface area contributed by atoms with Crippen LogP contribution in [0.25, 0.3) is 39.7 Å². The third kappa shape index (κ3) is 3.30. The van der Waals surface area contributed by atoms with Crippen LogP contribution in [-0.4, -0.2) is 31.6 Å². The van der Waals surface area contributed by atoms with Crippen molar-refractivity contribution in [2.75, 3.05) is 12.4 Å². The predicted molar refractivity (Wildman–Crippen MR) is 115 cm³/mol. The molecule has 0 aliphatic carbocycles. The normalized spacial score (nSPS) is 11.2. The minimum absolute atomic E-state index is 0.171. The Balaban J connectivity index is 1.65. The minimum Gasteiger partial charge on any atom is -0.403 e. The van der Waals surface area contributed by atoms with Crippen molar-refractivity contribution in [1.29, 1.82) is 0 Å². The van der Waals surface area contributed by atoms with Gasteiger partial charge in [0.05, 0.1) is 21.8 Å². The molecule has 1 radical (unpaired) electrons. The Morgan fingerprint density at radius 1 is 1.06 bits per heavy atom. The van der Waals surface area contributed by atoms with Gasteiger partial charge in [0.2, 0.25) is 5.78 Å². The maximum Gasteiger partial charge on any atom is 0.315 e. The van der Waals surface area contributed by atoms with E-state index in [0.29, 0.717) is 22.1 Å². The number of aryl methyl sites for hydroxylation is 1. The molecule has 31 heavy (non-hydrogen) atoms. The van der Waals surface area contributed by atoms with Crippen LogP contribution in [0.15, 0.2) is 53.1 Å². The maximum absolute atomic E-state index is 14.9. The molecule has 5 aromatic rings. The van der Waals surface area contributed by atoms with Crippen LogP contribution in [0.3, 0.4) is 0 Å². The number of hydrogen-bond acceptors (Lipinski definition) is 6. The molecule has 0 amide bonds. The van der Waals surface area contributed by atoms with Crippen molar-refractivity contribution in [1.82, 2.24) is 24.6 Å². The van der Waals surface area contributed by atoms with Gasteiger partial charge in [-0.3, -0.25) is 4.40 Å². The highest BCUT2D eigenvalue weighted by Crippen LogP contribution is 2.34. The molecule has 0 fully saturated rings. The summed E-state index contributed by atoms with van der Waals surface area (Å²) in [6.45, 7) is 1.96. The van der Waals surface area contributed by atoms with Crippen LogP contribution in [0.1, 0.15) is 5.56 Å². The quantitative estimate of drug-likeness (QED) is 0.427. The molecule has 5 rings (SSSR count). The van der Waals surface area contributed by atoms with Gasteiger partial charge in [-0.2, -0.15) is 0 Å². The van der Waals surface area contributed by atoms with Gasteiger partial charge in [-0.1, -0.05) is 34.9 Å². The number of hydrogen-bond donors (Lipinski definition) is 1. The molecule has 1 N–H and O–H groups in total. The number of halogens is 2. The summed E-state index contributed by atoms with van der Waals surface area (Å²) in [6, 6.07) is 12.3. The molecule has 0 aliphatic heterocycles. The van der Waals surface area contributed by atoms with Crippen LogP contribution >= 0.6 is 11.6 Å². The third-order valence-electron chi connectivity index (χ3n) is 4.85. The number of rotatable bonds is 4. The van der Waals surface area contributed by atoms with Crippen molar-refractivity contribution < 1.29 is 8.81 Å². The molecule has 0 atom stereocenters. The van der Waals surface area contributed by atoms with Gasteiger partial charge in [0.25, 0.3) is 5.89 Å². The van der Waals surface area contributed by atoms with Crippen LogP contribution in [0, 0.1) is 18.9 Å². The Hall–Kier alpha value is -3.78. The highest BCUT2D eigenvalue weighted by molar-refractivity contribution is 6.33. The van der Waals surface area contributed by atoms with E-state index in [1.54, 1.807) is 29.8 Å². The van der Waals surface area contributed by atoms with E-state index >= 15 is 0 Å². The number of aromatic nitrogens is 5. The van der Waals surface area contributed by atoms with E-state index in [2.05, 4.69) is 31.7 Å². The van der Waals surface area contributed by atoms with Crippen molar-refractivity contribution in [3.63, 3.8) is 0 Å². The summed E-state index contributed by atoms with van der Waals surface area (Å²) in [5, 5.41) is 11.2.